The molecule has 0 aromatic heterocycles. The minimum atomic E-state index is -0.453. The van der Waals surface area contributed by atoms with Gasteiger partial charge in [-0.25, -0.2) is 4.85 Å². The van der Waals surface area contributed by atoms with E-state index in [1.54, 1.807) is 0 Å². The van der Waals surface area contributed by atoms with Crippen LogP contribution in [0.3, 0.4) is 0 Å². The summed E-state index contributed by atoms with van der Waals surface area (Å²) in [6.45, 7) is 8.11. The van der Waals surface area contributed by atoms with Gasteiger partial charge in [0.2, 0.25) is 0 Å². The molecule has 1 fully saturated rings. The summed E-state index contributed by atoms with van der Waals surface area (Å²) in [5.41, 5.74) is 0.764. The number of nitro groups is 1. The van der Waals surface area contributed by atoms with Gasteiger partial charge in [-0.05, 0) is 18.6 Å². The molecule has 1 aromatic carbocycles. The summed E-state index contributed by atoms with van der Waals surface area (Å²) < 4.78 is 5.19. The van der Waals surface area contributed by atoms with Gasteiger partial charge in [0.05, 0.1) is 24.1 Å². The van der Waals surface area contributed by atoms with Crippen molar-refractivity contribution in [3.63, 3.8) is 0 Å². The predicted molar refractivity (Wildman–Crippen MR) is 62.2 cm³/mol. The molecule has 0 bridgehead atoms. The van der Waals surface area contributed by atoms with Crippen molar-refractivity contribution in [3.05, 3.63) is 39.7 Å². The average Bonchev–Trinajstić information content (AvgIpc) is 2.81. The zero-order valence-electron chi connectivity index (χ0n) is 9.05. The van der Waals surface area contributed by atoms with Crippen molar-refractivity contribution in [2.24, 2.45) is 0 Å². The van der Waals surface area contributed by atoms with Crippen LogP contribution in [0.4, 0.5) is 17.1 Å². The maximum absolute atomic E-state index is 10.9. The standard InChI is InChI=1S/C11H11N3O3/c1-12-8-2-3-11(14(15)16)10(6-8)13-9-4-5-17-7-9/h2-3,6,9,13H,4-5,7H2. The van der Waals surface area contributed by atoms with Crippen molar-refractivity contribution in [2.45, 2.75) is 12.5 Å². The minimum Gasteiger partial charge on any atom is -0.379 e. The molecule has 6 nitrogen and oxygen atoms in total. The molecular formula is C11H11N3O3. The van der Waals surface area contributed by atoms with Crippen LogP contribution in [0.5, 0.6) is 0 Å². The van der Waals surface area contributed by atoms with E-state index in [0.29, 0.717) is 24.6 Å². The van der Waals surface area contributed by atoms with Gasteiger partial charge in [0, 0.05) is 12.7 Å². The summed E-state index contributed by atoms with van der Waals surface area (Å²) in [6, 6.07) is 4.38. The third kappa shape index (κ3) is 2.52. The van der Waals surface area contributed by atoms with Crippen molar-refractivity contribution in [1.82, 2.24) is 0 Å². The van der Waals surface area contributed by atoms with E-state index in [4.69, 9.17) is 11.3 Å². The number of hydrogen-bond donors (Lipinski definition) is 1. The van der Waals surface area contributed by atoms with Crippen LogP contribution in [0.15, 0.2) is 18.2 Å². The van der Waals surface area contributed by atoms with Crippen molar-refractivity contribution in [3.8, 4) is 0 Å². The minimum absolute atomic E-state index is 0.00991. The number of hydrogen-bond acceptors (Lipinski definition) is 4. The SMILES string of the molecule is [C-]#[N+]c1ccc([N+](=O)[O-])c(NC2CCOC2)c1. The van der Waals surface area contributed by atoms with Crippen LogP contribution in [0.2, 0.25) is 0 Å². The number of nitrogens with zero attached hydrogens (tertiary/aromatic N) is 2. The van der Waals surface area contributed by atoms with E-state index >= 15 is 0 Å². The van der Waals surface area contributed by atoms with Crippen LogP contribution >= 0.6 is 0 Å². The van der Waals surface area contributed by atoms with Gasteiger partial charge >= 0.3 is 0 Å². The molecule has 2 rings (SSSR count). The number of anilines is 1. The highest BCUT2D eigenvalue weighted by Gasteiger charge is 2.20. The monoisotopic (exact) mass is 233 g/mol. The van der Waals surface area contributed by atoms with Crippen molar-refractivity contribution in [1.29, 1.82) is 0 Å². The Morgan fingerprint density at radius 1 is 1.59 bits per heavy atom. The Labute approximate surface area is 98.2 Å². The molecule has 1 aliphatic rings. The molecule has 1 aliphatic heterocycles. The van der Waals surface area contributed by atoms with E-state index in [1.165, 1.54) is 18.2 Å². The van der Waals surface area contributed by atoms with Crippen LogP contribution in [0.25, 0.3) is 4.85 Å². The molecule has 1 unspecified atom stereocenters. The van der Waals surface area contributed by atoms with Gasteiger partial charge in [-0.1, -0.05) is 0 Å². The first-order chi connectivity index (χ1) is 8.20. The first-order valence-corrected chi connectivity index (χ1v) is 5.21. The lowest BCUT2D eigenvalue weighted by atomic mass is 10.2. The third-order valence-corrected chi connectivity index (χ3v) is 2.60. The summed E-state index contributed by atoms with van der Waals surface area (Å²) in [7, 11) is 0. The van der Waals surface area contributed by atoms with Crippen LogP contribution in [0, 0.1) is 16.7 Å². The van der Waals surface area contributed by atoms with E-state index in [1.807, 2.05) is 0 Å². The zero-order valence-corrected chi connectivity index (χ0v) is 9.05. The molecule has 0 amide bonds. The van der Waals surface area contributed by atoms with Crippen molar-refractivity contribution < 1.29 is 9.66 Å². The molecule has 1 heterocycles. The molecule has 88 valence electrons. The summed E-state index contributed by atoms with van der Waals surface area (Å²) in [5, 5.41) is 13.9. The fourth-order valence-electron chi connectivity index (χ4n) is 1.74. The number of ether oxygens (including phenoxy) is 1. The van der Waals surface area contributed by atoms with Gasteiger partial charge in [-0.3, -0.25) is 10.1 Å². The van der Waals surface area contributed by atoms with Crippen molar-refractivity contribution in [2.75, 3.05) is 18.5 Å². The molecule has 6 heteroatoms. The lowest BCUT2D eigenvalue weighted by Crippen LogP contribution is -2.19. The maximum Gasteiger partial charge on any atom is 0.289 e. The Kier molecular flexibility index (Phi) is 3.21. The highest BCUT2D eigenvalue weighted by atomic mass is 16.6. The lowest BCUT2D eigenvalue weighted by molar-refractivity contribution is -0.384. The molecule has 1 aromatic rings. The normalized spacial score (nSPS) is 18.6. The third-order valence-electron chi connectivity index (χ3n) is 2.60. The van der Waals surface area contributed by atoms with Gasteiger partial charge in [-0.2, -0.15) is 0 Å². The van der Waals surface area contributed by atoms with Gasteiger partial charge in [0.15, 0.2) is 5.69 Å². The number of nitro benzene ring substituents is 1. The first kappa shape index (κ1) is 11.4. The number of benzene rings is 1. The topological polar surface area (TPSA) is 68.8 Å². The van der Waals surface area contributed by atoms with E-state index in [2.05, 4.69) is 10.2 Å². The highest BCUT2D eigenvalue weighted by Crippen LogP contribution is 2.30. The summed E-state index contributed by atoms with van der Waals surface area (Å²) in [6.07, 6.45) is 0.819. The molecule has 0 spiro atoms. The van der Waals surface area contributed by atoms with E-state index < -0.39 is 4.92 Å². The van der Waals surface area contributed by atoms with Gasteiger partial charge < -0.3 is 10.1 Å². The maximum atomic E-state index is 10.9. The predicted octanol–water partition coefficient (Wildman–Crippen LogP) is 2.35. The zero-order chi connectivity index (χ0) is 12.3. The Morgan fingerprint density at radius 2 is 2.41 bits per heavy atom. The first-order valence-electron chi connectivity index (χ1n) is 5.21. The molecule has 17 heavy (non-hydrogen) atoms. The van der Waals surface area contributed by atoms with Crippen LogP contribution in [0.1, 0.15) is 6.42 Å². The fourth-order valence-corrected chi connectivity index (χ4v) is 1.74. The smallest absolute Gasteiger partial charge is 0.289 e. The van der Waals surface area contributed by atoms with Gasteiger partial charge in [0.1, 0.15) is 5.69 Å². The molecule has 1 N–H and O–H groups in total. The summed E-state index contributed by atoms with van der Waals surface area (Å²) in [5.74, 6) is 0. The van der Waals surface area contributed by atoms with Crippen LogP contribution in [-0.2, 0) is 4.74 Å². The second-order valence-corrected chi connectivity index (χ2v) is 3.78. The fraction of sp³-hybridized carbons (Fsp3) is 0.364. The second kappa shape index (κ2) is 4.80. The Morgan fingerprint density at radius 3 is 3.00 bits per heavy atom. The van der Waals surface area contributed by atoms with Crippen LogP contribution in [-0.4, -0.2) is 24.2 Å². The molecular weight excluding hydrogens is 222 g/mol. The molecule has 0 saturated carbocycles. The Hall–Kier alpha value is -2.13. The summed E-state index contributed by atoms with van der Waals surface area (Å²) >= 11 is 0. The van der Waals surface area contributed by atoms with E-state index in [-0.39, 0.29) is 11.7 Å². The van der Waals surface area contributed by atoms with E-state index in [0.717, 1.165) is 6.42 Å². The second-order valence-electron chi connectivity index (χ2n) is 3.78. The largest absolute Gasteiger partial charge is 0.379 e. The average molecular weight is 233 g/mol. The lowest BCUT2D eigenvalue weighted by Gasteiger charge is -2.12. The highest BCUT2D eigenvalue weighted by molar-refractivity contribution is 5.69. The quantitative estimate of drug-likeness (QED) is 0.494. The van der Waals surface area contributed by atoms with Gasteiger partial charge in [0.25, 0.3) is 5.69 Å². The number of rotatable bonds is 3. The number of nitrogens with one attached hydrogen (secondary N) is 1. The molecule has 0 aliphatic carbocycles. The van der Waals surface area contributed by atoms with Gasteiger partial charge in [-0.15, -0.1) is 0 Å². The molecule has 1 saturated heterocycles. The Bertz CT molecular complexity index is 475. The molecule has 1 atom stereocenters. The van der Waals surface area contributed by atoms with E-state index in [9.17, 15) is 10.1 Å². The molecule has 0 radical (unpaired) electrons. The van der Waals surface area contributed by atoms with Crippen molar-refractivity contribution >= 4 is 17.1 Å². The Balaban J connectivity index is 2.28. The summed E-state index contributed by atoms with van der Waals surface area (Å²) in [4.78, 5) is 13.7. The van der Waals surface area contributed by atoms with Crippen LogP contribution < -0.4 is 5.32 Å².